The fraction of sp³-hybridized carbons (Fsp3) is 0.389. The number of urea groups is 1. The number of rotatable bonds is 3. The highest BCUT2D eigenvalue weighted by atomic mass is 16.5. The zero-order valence-electron chi connectivity index (χ0n) is 13.9. The number of aromatic nitrogens is 1. The molecule has 1 aromatic carbocycles. The van der Waals surface area contributed by atoms with Crippen LogP contribution in [-0.4, -0.2) is 59.1 Å². The van der Waals surface area contributed by atoms with Gasteiger partial charge in [0.15, 0.2) is 0 Å². The number of piperidine rings is 1. The number of amides is 3. The van der Waals surface area contributed by atoms with E-state index in [1.54, 1.807) is 11.0 Å². The standard InChI is InChI=1S/C18H20N4O3/c23-17(16-12-15(20-25-16)13-4-2-1-3-5-13)21-9-6-14(7-10-21)22-11-8-19-18(22)24/h1-5,12,14H,6-11H2,(H,19,24). The van der Waals surface area contributed by atoms with Crippen LogP contribution in [0.5, 0.6) is 0 Å². The number of likely N-dealkylation sites (tertiary alicyclic amines) is 1. The summed E-state index contributed by atoms with van der Waals surface area (Å²) in [5.41, 5.74) is 1.58. The van der Waals surface area contributed by atoms with E-state index in [1.807, 2.05) is 35.2 Å². The predicted molar refractivity (Wildman–Crippen MR) is 91.0 cm³/mol. The smallest absolute Gasteiger partial charge is 0.317 e. The largest absolute Gasteiger partial charge is 0.350 e. The molecule has 2 aliphatic heterocycles. The van der Waals surface area contributed by atoms with E-state index in [4.69, 9.17) is 4.52 Å². The van der Waals surface area contributed by atoms with Gasteiger partial charge in [0.1, 0.15) is 5.69 Å². The Morgan fingerprint density at radius 1 is 1.16 bits per heavy atom. The Labute approximate surface area is 145 Å². The minimum absolute atomic E-state index is 0.00696. The Balaban J connectivity index is 1.39. The Bertz CT molecular complexity index is 766. The molecular formula is C18H20N4O3. The lowest BCUT2D eigenvalue weighted by Crippen LogP contribution is -2.47. The van der Waals surface area contributed by atoms with Crippen molar-refractivity contribution < 1.29 is 14.1 Å². The normalized spacial score (nSPS) is 18.5. The summed E-state index contributed by atoms with van der Waals surface area (Å²) in [5.74, 6) is 0.121. The van der Waals surface area contributed by atoms with Crippen molar-refractivity contribution in [3.05, 3.63) is 42.2 Å². The van der Waals surface area contributed by atoms with Crippen molar-refractivity contribution >= 4 is 11.9 Å². The van der Waals surface area contributed by atoms with Gasteiger partial charge in [-0.15, -0.1) is 0 Å². The van der Waals surface area contributed by atoms with Gasteiger partial charge < -0.3 is 19.6 Å². The van der Waals surface area contributed by atoms with Gasteiger partial charge in [-0.25, -0.2) is 4.79 Å². The molecule has 2 fully saturated rings. The minimum atomic E-state index is -0.140. The quantitative estimate of drug-likeness (QED) is 0.926. The van der Waals surface area contributed by atoms with E-state index in [0.717, 1.165) is 24.9 Å². The molecule has 0 spiro atoms. The second-order valence-corrected chi connectivity index (χ2v) is 6.39. The Morgan fingerprint density at radius 3 is 2.60 bits per heavy atom. The highest BCUT2D eigenvalue weighted by Gasteiger charge is 2.32. The van der Waals surface area contributed by atoms with E-state index in [1.165, 1.54) is 0 Å². The highest BCUT2D eigenvalue weighted by Crippen LogP contribution is 2.22. The highest BCUT2D eigenvalue weighted by molar-refractivity contribution is 5.92. The molecule has 0 radical (unpaired) electrons. The first-order valence-electron chi connectivity index (χ1n) is 8.58. The molecular weight excluding hydrogens is 320 g/mol. The lowest BCUT2D eigenvalue weighted by Gasteiger charge is -2.35. The molecule has 1 aromatic heterocycles. The Morgan fingerprint density at radius 2 is 1.92 bits per heavy atom. The Kier molecular flexibility index (Phi) is 4.13. The minimum Gasteiger partial charge on any atom is -0.350 e. The van der Waals surface area contributed by atoms with Gasteiger partial charge in [-0.1, -0.05) is 35.5 Å². The van der Waals surface area contributed by atoms with Crippen LogP contribution in [0.2, 0.25) is 0 Å². The number of hydrogen-bond acceptors (Lipinski definition) is 4. The van der Waals surface area contributed by atoms with E-state index in [2.05, 4.69) is 10.5 Å². The van der Waals surface area contributed by atoms with Crippen LogP contribution in [-0.2, 0) is 0 Å². The average molecular weight is 340 g/mol. The van der Waals surface area contributed by atoms with Crippen LogP contribution in [0.3, 0.4) is 0 Å². The first kappa shape index (κ1) is 15.7. The zero-order valence-corrected chi connectivity index (χ0v) is 13.9. The van der Waals surface area contributed by atoms with Crippen LogP contribution in [0.4, 0.5) is 4.79 Å². The second-order valence-electron chi connectivity index (χ2n) is 6.39. The summed E-state index contributed by atoms with van der Waals surface area (Å²) < 4.78 is 5.26. The van der Waals surface area contributed by atoms with Gasteiger partial charge in [-0.05, 0) is 12.8 Å². The molecule has 0 unspecified atom stereocenters. The topological polar surface area (TPSA) is 78.7 Å². The molecule has 7 nitrogen and oxygen atoms in total. The van der Waals surface area contributed by atoms with Crippen LogP contribution < -0.4 is 5.32 Å². The maximum absolute atomic E-state index is 12.6. The summed E-state index contributed by atoms with van der Waals surface area (Å²) in [7, 11) is 0. The van der Waals surface area contributed by atoms with E-state index in [-0.39, 0.29) is 23.7 Å². The van der Waals surface area contributed by atoms with Crippen LogP contribution in [0.15, 0.2) is 40.9 Å². The van der Waals surface area contributed by atoms with Gasteiger partial charge in [-0.2, -0.15) is 0 Å². The summed E-state index contributed by atoms with van der Waals surface area (Å²) in [6, 6.07) is 11.5. The number of nitrogens with zero attached hydrogens (tertiary/aromatic N) is 3. The van der Waals surface area contributed by atoms with Gasteiger partial charge >= 0.3 is 6.03 Å². The molecule has 7 heteroatoms. The maximum atomic E-state index is 12.6. The van der Waals surface area contributed by atoms with Gasteiger partial charge in [0.2, 0.25) is 5.76 Å². The third-order valence-corrected chi connectivity index (χ3v) is 4.87. The lowest BCUT2D eigenvalue weighted by atomic mass is 10.0. The molecule has 0 aliphatic carbocycles. The van der Waals surface area contributed by atoms with Gasteiger partial charge in [-0.3, -0.25) is 4.79 Å². The SMILES string of the molecule is O=C(c1cc(-c2ccccc2)no1)N1CCC(N2CCNC2=O)CC1. The first-order valence-corrected chi connectivity index (χ1v) is 8.58. The molecule has 0 atom stereocenters. The van der Waals surface area contributed by atoms with Crippen molar-refractivity contribution in [2.45, 2.75) is 18.9 Å². The number of carbonyl (C=O) groups excluding carboxylic acids is 2. The Hall–Kier alpha value is -2.83. The summed E-state index contributed by atoms with van der Waals surface area (Å²) in [4.78, 5) is 28.1. The van der Waals surface area contributed by atoms with Gasteiger partial charge in [0.25, 0.3) is 5.91 Å². The van der Waals surface area contributed by atoms with Crippen molar-refractivity contribution in [1.82, 2.24) is 20.3 Å². The molecule has 2 saturated heterocycles. The third kappa shape index (κ3) is 3.09. The maximum Gasteiger partial charge on any atom is 0.317 e. The number of carbonyl (C=O) groups is 2. The summed E-state index contributed by atoms with van der Waals surface area (Å²) in [6.45, 7) is 2.70. The second kappa shape index (κ2) is 6.58. The number of nitrogens with one attached hydrogen (secondary N) is 1. The summed E-state index contributed by atoms with van der Waals surface area (Å²) >= 11 is 0. The molecule has 2 aromatic rings. The molecule has 3 amide bonds. The summed E-state index contributed by atoms with van der Waals surface area (Å²) in [6.07, 6.45) is 1.58. The van der Waals surface area contributed by atoms with Crippen molar-refractivity contribution in [3.63, 3.8) is 0 Å². The van der Waals surface area contributed by atoms with E-state index < -0.39 is 0 Å². The number of hydrogen-bond donors (Lipinski definition) is 1. The van der Waals surface area contributed by atoms with Crippen molar-refractivity contribution in [1.29, 1.82) is 0 Å². The van der Waals surface area contributed by atoms with Crippen LogP contribution in [0, 0.1) is 0 Å². The molecule has 0 bridgehead atoms. The zero-order chi connectivity index (χ0) is 17.2. The molecule has 3 heterocycles. The van der Waals surface area contributed by atoms with Crippen molar-refractivity contribution in [3.8, 4) is 11.3 Å². The van der Waals surface area contributed by atoms with E-state index >= 15 is 0 Å². The molecule has 130 valence electrons. The molecule has 2 aliphatic rings. The van der Waals surface area contributed by atoms with E-state index in [0.29, 0.717) is 25.3 Å². The molecule has 1 N–H and O–H groups in total. The fourth-order valence-corrected chi connectivity index (χ4v) is 3.49. The van der Waals surface area contributed by atoms with Crippen LogP contribution in [0.25, 0.3) is 11.3 Å². The van der Waals surface area contributed by atoms with Gasteiger partial charge in [0.05, 0.1) is 0 Å². The first-order chi connectivity index (χ1) is 12.2. The predicted octanol–water partition coefficient (Wildman–Crippen LogP) is 1.97. The van der Waals surface area contributed by atoms with Crippen molar-refractivity contribution in [2.75, 3.05) is 26.2 Å². The van der Waals surface area contributed by atoms with Crippen LogP contribution in [0.1, 0.15) is 23.4 Å². The monoisotopic (exact) mass is 340 g/mol. The molecule has 4 rings (SSSR count). The lowest BCUT2D eigenvalue weighted by molar-refractivity contribution is 0.0625. The van der Waals surface area contributed by atoms with E-state index in [9.17, 15) is 9.59 Å². The fourth-order valence-electron chi connectivity index (χ4n) is 3.49. The third-order valence-electron chi connectivity index (χ3n) is 4.87. The molecule has 0 saturated carbocycles. The summed E-state index contributed by atoms with van der Waals surface area (Å²) in [5, 5.41) is 6.83. The molecule has 25 heavy (non-hydrogen) atoms. The van der Waals surface area contributed by atoms with Crippen LogP contribution >= 0.6 is 0 Å². The average Bonchev–Trinajstić information content (AvgIpc) is 3.31. The van der Waals surface area contributed by atoms with Crippen molar-refractivity contribution in [2.24, 2.45) is 0 Å². The van der Waals surface area contributed by atoms with Gasteiger partial charge in [0, 0.05) is 43.9 Å². The number of benzene rings is 1.